The Balaban J connectivity index is 2.70. The van der Waals surface area contributed by atoms with Gasteiger partial charge in [0.1, 0.15) is 12.5 Å². The third-order valence-corrected chi connectivity index (χ3v) is 4.12. The molecule has 0 aromatic carbocycles. The first-order valence-electron chi connectivity index (χ1n) is 8.54. The first-order chi connectivity index (χ1) is 12.9. The zero-order chi connectivity index (χ0) is 20.0. The third kappa shape index (κ3) is 4.36. The number of esters is 2. The van der Waals surface area contributed by atoms with E-state index in [0.29, 0.717) is 16.0 Å². The number of pyridine rings is 1. The van der Waals surface area contributed by atoms with E-state index in [0.717, 1.165) is 0 Å². The van der Waals surface area contributed by atoms with Gasteiger partial charge in [-0.1, -0.05) is 5.18 Å². The molecule has 1 aromatic heterocycles. The quantitative estimate of drug-likeness (QED) is 0.309. The van der Waals surface area contributed by atoms with Crippen molar-refractivity contribution >= 4 is 17.7 Å². The van der Waals surface area contributed by atoms with Crippen LogP contribution in [0.15, 0.2) is 46.0 Å². The van der Waals surface area contributed by atoms with Gasteiger partial charge in [-0.05, 0) is 26.8 Å². The molecule has 0 bridgehead atoms. The van der Waals surface area contributed by atoms with Crippen molar-refractivity contribution in [2.24, 2.45) is 16.1 Å². The Morgan fingerprint density at radius 2 is 2.00 bits per heavy atom. The van der Waals surface area contributed by atoms with Crippen molar-refractivity contribution in [2.75, 3.05) is 19.8 Å². The molecule has 0 spiro atoms. The molecule has 0 aliphatic carbocycles. The van der Waals surface area contributed by atoms with Gasteiger partial charge in [-0.3, -0.25) is 9.79 Å². The van der Waals surface area contributed by atoms with Crippen LogP contribution in [0, 0.1) is 16.0 Å². The molecule has 0 saturated carbocycles. The van der Waals surface area contributed by atoms with Crippen LogP contribution in [0.4, 0.5) is 0 Å². The third-order valence-electron chi connectivity index (χ3n) is 4.12. The Morgan fingerprint density at radius 3 is 2.59 bits per heavy atom. The predicted octanol–water partition coefficient (Wildman–Crippen LogP) is 1.64. The molecule has 1 aromatic rings. The van der Waals surface area contributed by atoms with E-state index in [4.69, 9.17) is 9.47 Å². The summed E-state index contributed by atoms with van der Waals surface area (Å²) in [5, 5.41) is 14.6. The number of ether oxygens (including phenoxy) is 2. The summed E-state index contributed by atoms with van der Waals surface area (Å²) in [6, 6.07) is 3.13. The maximum atomic E-state index is 12.7. The summed E-state index contributed by atoms with van der Waals surface area (Å²) in [4.78, 5) is 40.4. The predicted molar refractivity (Wildman–Crippen MR) is 95.7 cm³/mol. The minimum Gasteiger partial charge on any atom is -0.619 e. The van der Waals surface area contributed by atoms with Gasteiger partial charge in [0.15, 0.2) is 12.4 Å². The molecule has 2 rings (SSSR count). The molecule has 144 valence electrons. The van der Waals surface area contributed by atoms with Crippen LogP contribution < -0.4 is 4.73 Å². The number of rotatable bonds is 7. The standard InChI is InChI=1S/C18H21N3O6/c1-4-26-17(22)14-11(3)20-13(9-19-24)16(18(23)27-5-2)15(14)12-7-6-8-21(25)10-12/h6-8,10,14-15H,4-5,9H2,1-3H3. The average Bonchev–Trinajstić information content (AvgIpc) is 2.61. The molecule has 1 aliphatic heterocycles. The van der Waals surface area contributed by atoms with Crippen LogP contribution in [-0.2, 0) is 19.1 Å². The maximum absolute atomic E-state index is 12.7. The number of carbonyl (C=O) groups excluding carboxylic acids is 2. The lowest BCUT2D eigenvalue weighted by atomic mass is 9.76. The summed E-state index contributed by atoms with van der Waals surface area (Å²) in [6.07, 6.45) is 2.55. The summed E-state index contributed by atoms with van der Waals surface area (Å²) in [5.74, 6) is -3.10. The highest BCUT2D eigenvalue weighted by Gasteiger charge is 2.43. The Bertz CT molecular complexity index is 802. The Kier molecular flexibility index (Phi) is 6.75. The zero-order valence-electron chi connectivity index (χ0n) is 15.4. The molecule has 9 heteroatoms. The number of nitrogens with zero attached hydrogens (tertiary/aromatic N) is 3. The minimum atomic E-state index is -0.929. The first kappa shape index (κ1) is 20.2. The van der Waals surface area contributed by atoms with E-state index in [1.54, 1.807) is 26.8 Å². The number of aromatic nitrogens is 1. The minimum absolute atomic E-state index is 0.0336. The second-order valence-electron chi connectivity index (χ2n) is 5.83. The fourth-order valence-corrected chi connectivity index (χ4v) is 3.12. The molecule has 2 heterocycles. The molecule has 2 unspecified atom stereocenters. The molecule has 0 radical (unpaired) electrons. The van der Waals surface area contributed by atoms with Crippen molar-refractivity contribution in [2.45, 2.75) is 26.7 Å². The van der Waals surface area contributed by atoms with Crippen LogP contribution in [0.25, 0.3) is 0 Å². The molecule has 1 aliphatic rings. The molecule has 0 N–H and O–H groups in total. The van der Waals surface area contributed by atoms with Crippen LogP contribution in [0.5, 0.6) is 0 Å². The molecule has 9 nitrogen and oxygen atoms in total. The number of aliphatic imine (C=N–C) groups is 1. The highest BCUT2D eigenvalue weighted by molar-refractivity contribution is 6.07. The summed E-state index contributed by atoms with van der Waals surface area (Å²) >= 11 is 0. The fraction of sp³-hybridized carbons (Fsp3) is 0.444. The van der Waals surface area contributed by atoms with Crippen molar-refractivity contribution in [1.29, 1.82) is 0 Å². The Morgan fingerprint density at radius 1 is 1.30 bits per heavy atom. The van der Waals surface area contributed by atoms with Crippen molar-refractivity contribution in [3.8, 4) is 0 Å². The maximum Gasteiger partial charge on any atom is 0.336 e. The number of hydrogen-bond donors (Lipinski definition) is 0. The molecule has 2 atom stereocenters. The number of nitroso groups, excluding NO2 is 1. The van der Waals surface area contributed by atoms with Gasteiger partial charge in [0.05, 0.1) is 24.5 Å². The Hall–Kier alpha value is -3.10. The molecule has 27 heavy (non-hydrogen) atoms. The average molecular weight is 375 g/mol. The SMILES string of the molecule is CCOC(=O)C1=C(CN=O)N=C(C)C(C(=O)OCC)C1c1ccc[n+]([O-])c1. The van der Waals surface area contributed by atoms with Gasteiger partial charge in [0.25, 0.3) is 0 Å². The van der Waals surface area contributed by atoms with Gasteiger partial charge in [-0.25, -0.2) is 4.79 Å². The van der Waals surface area contributed by atoms with Gasteiger partial charge in [-0.15, -0.1) is 0 Å². The summed E-state index contributed by atoms with van der Waals surface area (Å²) < 4.78 is 10.8. The molecule has 0 amide bonds. The van der Waals surface area contributed by atoms with Crippen molar-refractivity contribution in [3.63, 3.8) is 0 Å². The van der Waals surface area contributed by atoms with E-state index in [1.165, 1.54) is 18.5 Å². The lowest BCUT2D eigenvalue weighted by Crippen LogP contribution is -2.38. The van der Waals surface area contributed by atoms with E-state index in [-0.39, 0.29) is 31.0 Å². The monoisotopic (exact) mass is 375 g/mol. The van der Waals surface area contributed by atoms with Crippen LogP contribution in [0.3, 0.4) is 0 Å². The van der Waals surface area contributed by atoms with Gasteiger partial charge < -0.3 is 14.7 Å². The van der Waals surface area contributed by atoms with Crippen LogP contribution in [0.2, 0.25) is 0 Å². The largest absolute Gasteiger partial charge is 0.619 e. The fourth-order valence-electron chi connectivity index (χ4n) is 3.12. The molecule has 0 saturated heterocycles. The lowest BCUT2D eigenvalue weighted by molar-refractivity contribution is -0.605. The lowest BCUT2D eigenvalue weighted by Gasteiger charge is -2.31. The van der Waals surface area contributed by atoms with Crippen molar-refractivity contribution in [3.05, 3.63) is 51.5 Å². The van der Waals surface area contributed by atoms with Gasteiger partial charge >= 0.3 is 11.9 Å². The van der Waals surface area contributed by atoms with Crippen LogP contribution >= 0.6 is 0 Å². The van der Waals surface area contributed by atoms with E-state index in [9.17, 15) is 19.7 Å². The summed E-state index contributed by atoms with van der Waals surface area (Å²) in [5.41, 5.74) is 0.928. The summed E-state index contributed by atoms with van der Waals surface area (Å²) in [6.45, 7) is 4.80. The first-order valence-corrected chi connectivity index (χ1v) is 8.54. The van der Waals surface area contributed by atoms with Crippen LogP contribution in [-0.4, -0.2) is 37.4 Å². The normalized spacial score (nSPS) is 19.3. The molecular formula is C18H21N3O6. The second-order valence-corrected chi connectivity index (χ2v) is 5.83. The highest BCUT2D eigenvalue weighted by Crippen LogP contribution is 2.39. The van der Waals surface area contributed by atoms with Crippen molar-refractivity contribution in [1.82, 2.24) is 0 Å². The number of hydrogen-bond acceptors (Lipinski definition) is 8. The van der Waals surface area contributed by atoms with E-state index in [2.05, 4.69) is 10.2 Å². The van der Waals surface area contributed by atoms with E-state index < -0.39 is 23.8 Å². The van der Waals surface area contributed by atoms with E-state index >= 15 is 0 Å². The zero-order valence-corrected chi connectivity index (χ0v) is 15.4. The van der Waals surface area contributed by atoms with Gasteiger partial charge in [-0.2, -0.15) is 9.64 Å². The topological polar surface area (TPSA) is 121 Å². The molecular weight excluding hydrogens is 354 g/mol. The second kappa shape index (κ2) is 9.02. The summed E-state index contributed by atoms with van der Waals surface area (Å²) in [7, 11) is 0. The Labute approximate surface area is 156 Å². The van der Waals surface area contributed by atoms with E-state index in [1.807, 2.05) is 0 Å². The smallest absolute Gasteiger partial charge is 0.336 e. The highest BCUT2D eigenvalue weighted by atomic mass is 16.5. The van der Waals surface area contributed by atoms with Crippen LogP contribution in [0.1, 0.15) is 32.3 Å². The van der Waals surface area contributed by atoms with Crippen molar-refractivity contribution < 1.29 is 23.8 Å². The van der Waals surface area contributed by atoms with Gasteiger partial charge in [0, 0.05) is 23.3 Å². The molecule has 0 fully saturated rings. The van der Waals surface area contributed by atoms with Gasteiger partial charge in [0.2, 0.25) is 0 Å². The number of carbonyl (C=O) groups is 2.